The quantitative estimate of drug-likeness (QED) is 0.599. The topological polar surface area (TPSA) is 46.4 Å². The van der Waals surface area contributed by atoms with E-state index in [4.69, 9.17) is 11.6 Å². The summed E-state index contributed by atoms with van der Waals surface area (Å²) >= 11 is 5.77. The van der Waals surface area contributed by atoms with Crippen molar-refractivity contribution in [2.45, 2.75) is 33.4 Å². The van der Waals surface area contributed by atoms with Gasteiger partial charge < -0.3 is 0 Å². The van der Waals surface area contributed by atoms with E-state index in [-0.39, 0.29) is 10.7 Å². The van der Waals surface area contributed by atoms with Crippen molar-refractivity contribution in [1.82, 2.24) is 4.90 Å². The van der Waals surface area contributed by atoms with Gasteiger partial charge in [-0.15, -0.1) is 0 Å². The predicted octanol–water partition coefficient (Wildman–Crippen LogP) is 3.48. The summed E-state index contributed by atoms with van der Waals surface area (Å²) in [5, 5.41) is 11.0. The molecule has 1 aromatic rings. The van der Waals surface area contributed by atoms with Gasteiger partial charge in [-0.3, -0.25) is 15.0 Å². The second-order valence-corrected chi connectivity index (χ2v) is 4.61. The standard InChI is InChI=1S/C12H17ClN2O2/c1-4-14(9(2)3)8-10-5-6-11(13)12(7-10)15(16)17/h5-7,9H,4,8H2,1-3H3. The van der Waals surface area contributed by atoms with Gasteiger partial charge in [-0.25, -0.2) is 0 Å². The highest BCUT2D eigenvalue weighted by Gasteiger charge is 2.14. The Morgan fingerprint density at radius 3 is 2.59 bits per heavy atom. The van der Waals surface area contributed by atoms with Crippen molar-refractivity contribution in [1.29, 1.82) is 0 Å². The number of hydrogen-bond donors (Lipinski definition) is 0. The van der Waals surface area contributed by atoms with Crippen molar-refractivity contribution in [3.63, 3.8) is 0 Å². The molecule has 0 unspecified atom stereocenters. The molecule has 1 rings (SSSR count). The zero-order chi connectivity index (χ0) is 13.0. The summed E-state index contributed by atoms with van der Waals surface area (Å²) in [6.07, 6.45) is 0. The van der Waals surface area contributed by atoms with Crippen LogP contribution in [0.2, 0.25) is 5.02 Å². The first-order chi connectivity index (χ1) is 7.95. The first-order valence-corrected chi connectivity index (χ1v) is 6.00. The summed E-state index contributed by atoms with van der Waals surface area (Å²) in [5.74, 6) is 0. The third-order valence-corrected chi connectivity index (χ3v) is 3.05. The van der Waals surface area contributed by atoms with Gasteiger partial charge in [0.2, 0.25) is 0 Å². The van der Waals surface area contributed by atoms with E-state index >= 15 is 0 Å². The lowest BCUT2D eigenvalue weighted by Gasteiger charge is -2.24. The molecule has 0 aliphatic carbocycles. The van der Waals surface area contributed by atoms with Crippen LogP contribution in [0.1, 0.15) is 26.3 Å². The average Bonchev–Trinajstić information content (AvgIpc) is 2.27. The maximum Gasteiger partial charge on any atom is 0.288 e. The molecule has 0 atom stereocenters. The molecule has 0 amide bonds. The van der Waals surface area contributed by atoms with Gasteiger partial charge in [0.1, 0.15) is 5.02 Å². The number of benzene rings is 1. The monoisotopic (exact) mass is 256 g/mol. The van der Waals surface area contributed by atoms with Crippen molar-refractivity contribution >= 4 is 17.3 Å². The maximum absolute atomic E-state index is 10.8. The van der Waals surface area contributed by atoms with Crippen molar-refractivity contribution in [2.75, 3.05) is 6.54 Å². The van der Waals surface area contributed by atoms with Gasteiger partial charge >= 0.3 is 0 Å². The molecule has 4 nitrogen and oxygen atoms in total. The normalized spacial score (nSPS) is 11.2. The Balaban J connectivity index is 2.92. The Labute approximate surface area is 106 Å². The van der Waals surface area contributed by atoms with Crippen molar-refractivity contribution < 1.29 is 4.92 Å². The smallest absolute Gasteiger partial charge is 0.288 e. The summed E-state index contributed by atoms with van der Waals surface area (Å²) < 4.78 is 0. The third-order valence-electron chi connectivity index (χ3n) is 2.73. The fourth-order valence-electron chi connectivity index (χ4n) is 1.69. The number of rotatable bonds is 5. The minimum Gasteiger partial charge on any atom is -0.297 e. The molecule has 0 N–H and O–H groups in total. The average molecular weight is 257 g/mol. The van der Waals surface area contributed by atoms with Gasteiger partial charge in [-0.1, -0.05) is 24.6 Å². The van der Waals surface area contributed by atoms with E-state index in [0.717, 1.165) is 12.1 Å². The Morgan fingerprint density at radius 1 is 1.47 bits per heavy atom. The molecule has 0 spiro atoms. The van der Waals surface area contributed by atoms with Crippen molar-refractivity contribution in [2.24, 2.45) is 0 Å². The molecule has 0 aliphatic rings. The highest BCUT2D eigenvalue weighted by molar-refractivity contribution is 6.32. The minimum atomic E-state index is -0.447. The van der Waals surface area contributed by atoms with Gasteiger partial charge in [0.25, 0.3) is 5.69 Å². The fraction of sp³-hybridized carbons (Fsp3) is 0.500. The molecule has 0 saturated heterocycles. The van der Waals surface area contributed by atoms with E-state index in [1.54, 1.807) is 12.1 Å². The second-order valence-electron chi connectivity index (χ2n) is 4.20. The Kier molecular flexibility index (Phi) is 4.90. The van der Waals surface area contributed by atoms with Crippen LogP contribution >= 0.6 is 11.6 Å². The van der Waals surface area contributed by atoms with Crippen LogP contribution in [0.15, 0.2) is 18.2 Å². The van der Waals surface area contributed by atoms with E-state index < -0.39 is 4.92 Å². The van der Waals surface area contributed by atoms with Gasteiger partial charge in [0, 0.05) is 18.7 Å². The van der Waals surface area contributed by atoms with Gasteiger partial charge in [-0.2, -0.15) is 0 Å². The first-order valence-electron chi connectivity index (χ1n) is 5.62. The number of hydrogen-bond acceptors (Lipinski definition) is 3. The molecular weight excluding hydrogens is 240 g/mol. The van der Waals surface area contributed by atoms with Gasteiger partial charge in [0.05, 0.1) is 4.92 Å². The summed E-state index contributed by atoms with van der Waals surface area (Å²) in [6, 6.07) is 5.38. The van der Waals surface area contributed by atoms with Crippen LogP contribution in [0.3, 0.4) is 0 Å². The number of nitro benzene ring substituents is 1. The maximum atomic E-state index is 10.8. The first kappa shape index (κ1) is 13.9. The molecule has 1 aromatic carbocycles. The van der Waals surface area contributed by atoms with E-state index in [1.165, 1.54) is 0 Å². The predicted molar refractivity (Wildman–Crippen MR) is 69.3 cm³/mol. The van der Waals surface area contributed by atoms with E-state index in [2.05, 4.69) is 25.7 Å². The van der Waals surface area contributed by atoms with E-state index in [9.17, 15) is 10.1 Å². The van der Waals surface area contributed by atoms with Crippen LogP contribution in [0, 0.1) is 10.1 Å². The van der Waals surface area contributed by atoms with Crippen LogP contribution < -0.4 is 0 Å². The molecular formula is C12H17ClN2O2. The summed E-state index contributed by atoms with van der Waals surface area (Å²) in [5.41, 5.74) is 0.889. The molecule has 0 aromatic heterocycles. The zero-order valence-corrected chi connectivity index (χ0v) is 11.1. The molecule has 0 saturated carbocycles. The molecule has 94 valence electrons. The van der Waals surface area contributed by atoms with Crippen molar-refractivity contribution in [3.8, 4) is 0 Å². The lowest BCUT2D eigenvalue weighted by Crippen LogP contribution is -2.29. The highest BCUT2D eigenvalue weighted by atomic mass is 35.5. The largest absolute Gasteiger partial charge is 0.297 e. The van der Waals surface area contributed by atoms with Crippen LogP contribution in [0.25, 0.3) is 0 Å². The van der Waals surface area contributed by atoms with E-state index in [1.807, 2.05) is 6.07 Å². The Bertz CT molecular complexity index is 407. The minimum absolute atomic E-state index is 0.0241. The van der Waals surface area contributed by atoms with Crippen LogP contribution in [-0.2, 0) is 6.54 Å². The lowest BCUT2D eigenvalue weighted by molar-refractivity contribution is -0.384. The zero-order valence-electron chi connectivity index (χ0n) is 10.3. The fourth-order valence-corrected chi connectivity index (χ4v) is 1.88. The molecule has 0 bridgehead atoms. The number of halogens is 1. The summed E-state index contributed by atoms with van der Waals surface area (Å²) in [6.45, 7) is 7.90. The Hall–Kier alpha value is -1.13. The molecule has 5 heteroatoms. The molecule has 0 heterocycles. The van der Waals surface area contributed by atoms with Crippen LogP contribution in [-0.4, -0.2) is 22.4 Å². The summed E-state index contributed by atoms with van der Waals surface area (Å²) in [7, 11) is 0. The molecule has 0 radical (unpaired) electrons. The molecule has 17 heavy (non-hydrogen) atoms. The third kappa shape index (κ3) is 3.68. The highest BCUT2D eigenvalue weighted by Crippen LogP contribution is 2.25. The molecule has 0 fully saturated rings. The second kappa shape index (κ2) is 5.98. The SMILES string of the molecule is CCN(Cc1ccc(Cl)c([N+](=O)[O-])c1)C(C)C. The summed E-state index contributed by atoms with van der Waals surface area (Å²) in [4.78, 5) is 12.6. The van der Waals surface area contributed by atoms with Crippen LogP contribution in [0.4, 0.5) is 5.69 Å². The molecule has 0 aliphatic heterocycles. The Morgan fingerprint density at radius 2 is 2.12 bits per heavy atom. The number of nitro groups is 1. The van der Waals surface area contributed by atoms with Crippen molar-refractivity contribution in [3.05, 3.63) is 38.9 Å². The van der Waals surface area contributed by atoms with Gasteiger partial charge in [-0.05, 0) is 32.0 Å². The number of nitrogens with zero attached hydrogens (tertiary/aromatic N) is 2. The van der Waals surface area contributed by atoms with Crippen LogP contribution in [0.5, 0.6) is 0 Å². The van der Waals surface area contributed by atoms with Gasteiger partial charge in [0.15, 0.2) is 0 Å². The van der Waals surface area contributed by atoms with E-state index in [0.29, 0.717) is 12.6 Å². The lowest BCUT2D eigenvalue weighted by atomic mass is 10.1.